The van der Waals surface area contributed by atoms with Crippen molar-refractivity contribution in [3.05, 3.63) is 47.5 Å². The Kier molecular flexibility index (Phi) is 3.60. The highest BCUT2D eigenvalue weighted by Gasteiger charge is 2.27. The molecule has 0 bridgehead atoms. The number of H-pyrrole nitrogens is 1. The fourth-order valence-electron chi connectivity index (χ4n) is 2.79. The standard InChI is InChI=1S/C15H17FN4O/c16-11-3-4-13(17)12(8-11)15(21)20-7-1-2-10(9-20)14-5-6-18-19-14/h3-6,8,10H,1-2,7,9,17H2,(H,18,19). The molecule has 0 aliphatic carbocycles. The summed E-state index contributed by atoms with van der Waals surface area (Å²) in [7, 11) is 0. The van der Waals surface area contributed by atoms with E-state index in [1.165, 1.54) is 18.2 Å². The molecule has 2 heterocycles. The first-order chi connectivity index (χ1) is 10.1. The number of nitrogens with one attached hydrogen (secondary N) is 1. The van der Waals surface area contributed by atoms with Crippen LogP contribution in [0.5, 0.6) is 0 Å². The third-order valence-electron chi connectivity index (χ3n) is 3.92. The van der Waals surface area contributed by atoms with Gasteiger partial charge in [0.05, 0.1) is 5.56 Å². The van der Waals surface area contributed by atoms with Crippen molar-refractivity contribution < 1.29 is 9.18 Å². The van der Waals surface area contributed by atoms with Crippen LogP contribution in [-0.2, 0) is 0 Å². The molecule has 2 aromatic rings. The van der Waals surface area contributed by atoms with Crippen LogP contribution in [0.4, 0.5) is 10.1 Å². The molecule has 0 radical (unpaired) electrons. The monoisotopic (exact) mass is 288 g/mol. The highest BCUT2D eigenvalue weighted by atomic mass is 19.1. The lowest BCUT2D eigenvalue weighted by Crippen LogP contribution is -2.39. The molecule has 110 valence electrons. The molecule has 1 unspecified atom stereocenters. The van der Waals surface area contributed by atoms with Crippen molar-refractivity contribution in [3.63, 3.8) is 0 Å². The van der Waals surface area contributed by atoms with Crippen LogP contribution in [0, 0.1) is 5.82 Å². The molecule has 6 heteroatoms. The third kappa shape index (κ3) is 2.74. The first-order valence-corrected chi connectivity index (χ1v) is 6.98. The molecule has 1 aliphatic rings. The van der Waals surface area contributed by atoms with Gasteiger partial charge >= 0.3 is 0 Å². The fourth-order valence-corrected chi connectivity index (χ4v) is 2.79. The number of aromatic nitrogens is 2. The molecule has 3 rings (SSSR count). The highest BCUT2D eigenvalue weighted by molar-refractivity contribution is 5.99. The van der Waals surface area contributed by atoms with Crippen molar-refractivity contribution in [2.24, 2.45) is 0 Å². The fraction of sp³-hybridized carbons (Fsp3) is 0.333. The molecule has 1 fully saturated rings. The average Bonchev–Trinajstić information content (AvgIpc) is 3.03. The van der Waals surface area contributed by atoms with E-state index >= 15 is 0 Å². The lowest BCUT2D eigenvalue weighted by molar-refractivity contribution is 0.0706. The molecule has 1 amide bonds. The lowest BCUT2D eigenvalue weighted by atomic mass is 9.94. The van der Waals surface area contributed by atoms with Gasteiger partial charge in [0.1, 0.15) is 5.82 Å². The summed E-state index contributed by atoms with van der Waals surface area (Å²) in [5.41, 5.74) is 7.37. The first-order valence-electron chi connectivity index (χ1n) is 6.98. The van der Waals surface area contributed by atoms with Crippen LogP contribution in [0.2, 0.25) is 0 Å². The second-order valence-electron chi connectivity index (χ2n) is 5.33. The number of nitrogens with two attached hydrogens (primary N) is 1. The Bertz CT molecular complexity index is 641. The number of nitrogens with zero attached hydrogens (tertiary/aromatic N) is 2. The van der Waals surface area contributed by atoms with Crippen LogP contribution in [0.15, 0.2) is 30.5 Å². The molecule has 1 aromatic heterocycles. The van der Waals surface area contributed by atoms with E-state index in [2.05, 4.69) is 10.2 Å². The molecular weight excluding hydrogens is 271 g/mol. The minimum Gasteiger partial charge on any atom is -0.398 e. The predicted octanol–water partition coefficient (Wildman–Crippen LogP) is 2.15. The van der Waals surface area contributed by atoms with E-state index in [1.807, 2.05) is 6.07 Å². The number of benzene rings is 1. The van der Waals surface area contributed by atoms with Gasteiger partial charge in [-0.3, -0.25) is 9.89 Å². The Balaban J connectivity index is 1.79. The van der Waals surface area contributed by atoms with Gasteiger partial charge in [0.2, 0.25) is 0 Å². The highest BCUT2D eigenvalue weighted by Crippen LogP contribution is 2.27. The van der Waals surface area contributed by atoms with Crippen LogP contribution in [0.3, 0.4) is 0 Å². The van der Waals surface area contributed by atoms with Crippen LogP contribution < -0.4 is 5.73 Å². The number of hydrogen-bond acceptors (Lipinski definition) is 3. The summed E-state index contributed by atoms with van der Waals surface area (Å²) in [5, 5.41) is 6.91. The molecule has 1 saturated heterocycles. The molecule has 3 N–H and O–H groups in total. The molecule has 1 atom stereocenters. The van der Waals surface area contributed by atoms with Gasteiger partial charge in [-0.25, -0.2) is 4.39 Å². The van der Waals surface area contributed by atoms with Crippen LogP contribution in [0.1, 0.15) is 34.8 Å². The summed E-state index contributed by atoms with van der Waals surface area (Å²) in [5.74, 6) is -0.425. The van der Waals surface area contributed by atoms with Crippen LogP contribution in [0.25, 0.3) is 0 Å². The Morgan fingerprint density at radius 3 is 3.05 bits per heavy atom. The van der Waals surface area contributed by atoms with Gasteiger partial charge in [0.25, 0.3) is 5.91 Å². The van der Waals surface area contributed by atoms with Crippen LogP contribution >= 0.6 is 0 Å². The van der Waals surface area contributed by atoms with Gasteiger partial charge < -0.3 is 10.6 Å². The van der Waals surface area contributed by atoms with E-state index in [0.29, 0.717) is 18.8 Å². The van der Waals surface area contributed by atoms with Crippen molar-refractivity contribution in [3.8, 4) is 0 Å². The Morgan fingerprint density at radius 2 is 2.29 bits per heavy atom. The van der Waals surface area contributed by atoms with Gasteiger partial charge in [-0.15, -0.1) is 0 Å². The van der Waals surface area contributed by atoms with Gasteiger partial charge in [-0.05, 0) is 37.1 Å². The largest absolute Gasteiger partial charge is 0.398 e. The predicted molar refractivity (Wildman–Crippen MR) is 77.3 cm³/mol. The van der Waals surface area contributed by atoms with E-state index in [1.54, 1.807) is 11.1 Å². The van der Waals surface area contributed by atoms with Gasteiger partial charge in [-0.1, -0.05) is 0 Å². The summed E-state index contributed by atoms with van der Waals surface area (Å²) < 4.78 is 13.3. The quantitative estimate of drug-likeness (QED) is 0.831. The number of rotatable bonds is 2. The Labute approximate surface area is 121 Å². The number of aromatic amines is 1. The van der Waals surface area contributed by atoms with Gasteiger partial charge in [-0.2, -0.15) is 5.10 Å². The summed E-state index contributed by atoms with van der Waals surface area (Å²) >= 11 is 0. The first kappa shape index (κ1) is 13.6. The average molecular weight is 288 g/mol. The maximum atomic E-state index is 13.3. The maximum Gasteiger partial charge on any atom is 0.256 e. The van der Waals surface area contributed by atoms with E-state index in [0.717, 1.165) is 18.5 Å². The van der Waals surface area contributed by atoms with E-state index in [9.17, 15) is 9.18 Å². The minimum absolute atomic E-state index is 0.212. The van der Waals surface area contributed by atoms with E-state index in [-0.39, 0.29) is 17.4 Å². The van der Waals surface area contributed by atoms with Crippen molar-refractivity contribution >= 4 is 11.6 Å². The smallest absolute Gasteiger partial charge is 0.256 e. The molecule has 0 spiro atoms. The van der Waals surface area contributed by atoms with Crippen molar-refractivity contribution in [1.29, 1.82) is 0 Å². The molecule has 0 saturated carbocycles. The third-order valence-corrected chi connectivity index (χ3v) is 3.92. The number of amides is 1. The second-order valence-corrected chi connectivity index (χ2v) is 5.33. The Morgan fingerprint density at radius 1 is 1.43 bits per heavy atom. The van der Waals surface area contributed by atoms with Gasteiger partial charge in [0.15, 0.2) is 0 Å². The van der Waals surface area contributed by atoms with E-state index in [4.69, 9.17) is 5.73 Å². The number of carbonyl (C=O) groups is 1. The molecule has 5 nitrogen and oxygen atoms in total. The van der Waals surface area contributed by atoms with Crippen LogP contribution in [-0.4, -0.2) is 34.1 Å². The number of nitrogen functional groups attached to an aromatic ring is 1. The number of likely N-dealkylation sites (tertiary alicyclic amines) is 1. The summed E-state index contributed by atoms with van der Waals surface area (Å²) in [6, 6.07) is 5.82. The zero-order valence-electron chi connectivity index (χ0n) is 11.6. The minimum atomic E-state index is -0.449. The normalized spacial score (nSPS) is 18.7. The summed E-state index contributed by atoms with van der Waals surface area (Å²) in [6.07, 6.45) is 3.62. The molecule has 21 heavy (non-hydrogen) atoms. The summed E-state index contributed by atoms with van der Waals surface area (Å²) in [4.78, 5) is 14.3. The summed E-state index contributed by atoms with van der Waals surface area (Å²) in [6.45, 7) is 1.26. The zero-order valence-corrected chi connectivity index (χ0v) is 11.6. The number of piperidine rings is 1. The molecule has 1 aromatic carbocycles. The topological polar surface area (TPSA) is 75.0 Å². The number of anilines is 1. The molecule has 1 aliphatic heterocycles. The lowest BCUT2D eigenvalue weighted by Gasteiger charge is -2.32. The maximum absolute atomic E-state index is 13.3. The number of hydrogen-bond donors (Lipinski definition) is 2. The Hall–Kier alpha value is -2.37. The van der Waals surface area contributed by atoms with Crippen molar-refractivity contribution in [2.75, 3.05) is 18.8 Å². The number of carbonyl (C=O) groups excluding carboxylic acids is 1. The van der Waals surface area contributed by atoms with Gasteiger partial charge in [0, 0.05) is 36.6 Å². The number of halogens is 1. The zero-order chi connectivity index (χ0) is 14.8. The molecular formula is C15H17FN4O. The SMILES string of the molecule is Nc1ccc(F)cc1C(=O)N1CCCC(c2ccn[nH]2)C1. The van der Waals surface area contributed by atoms with Crippen molar-refractivity contribution in [2.45, 2.75) is 18.8 Å². The van der Waals surface area contributed by atoms with E-state index < -0.39 is 5.82 Å². The van der Waals surface area contributed by atoms with Crippen molar-refractivity contribution in [1.82, 2.24) is 15.1 Å². The second kappa shape index (κ2) is 5.55.